The third kappa shape index (κ3) is 2.53. The highest BCUT2D eigenvalue weighted by Crippen LogP contribution is 2.28. The molecule has 8 heteroatoms. The quantitative estimate of drug-likeness (QED) is 0.846. The summed E-state index contributed by atoms with van der Waals surface area (Å²) < 4.78 is 8.73. The SMILES string of the molecule is Cc1nsc(N=Nc2c(C(C)(C)C)[nH]oc2=O)n1. The first-order chi connectivity index (χ1) is 8.38. The van der Waals surface area contributed by atoms with Crippen LogP contribution in [0.1, 0.15) is 32.3 Å². The van der Waals surface area contributed by atoms with E-state index in [-0.39, 0.29) is 11.1 Å². The van der Waals surface area contributed by atoms with Crippen molar-refractivity contribution in [1.29, 1.82) is 0 Å². The van der Waals surface area contributed by atoms with Crippen LogP contribution in [-0.4, -0.2) is 14.5 Å². The molecule has 0 saturated carbocycles. The van der Waals surface area contributed by atoms with E-state index in [1.807, 2.05) is 20.8 Å². The summed E-state index contributed by atoms with van der Waals surface area (Å²) >= 11 is 1.13. The molecule has 0 aliphatic heterocycles. The lowest BCUT2D eigenvalue weighted by atomic mass is 9.91. The first kappa shape index (κ1) is 12.6. The van der Waals surface area contributed by atoms with Gasteiger partial charge in [0.05, 0.1) is 5.69 Å². The van der Waals surface area contributed by atoms with Gasteiger partial charge in [0, 0.05) is 16.9 Å². The maximum atomic E-state index is 11.5. The molecule has 0 aliphatic carbocycles. The standard InChI is InChI=1S/C10H13N5O2S/c1-5-11-9(18-15-5)13-12-6-7(10(2,3)4)14-17-8(6)16/h14H,1-4H3. The number of aromatic amines is 1. The van der Waals surface area contributed by atoms with E-state index in [1.54, 1.807) is 6.92 Å². The Labute approximate surface area is 107 Å². The Morgan fingerprint density at radius 2 is 2.06 bits per heavy atom. The molecule has 0 saturated heterocycles. The van der Waals surface area contributed by atoms with Crippen molar-refractivity contribution in [3.63, 3.8) is 0 Å². The van der Waals surface area contributed by atoms with Crippen molar-refractivity contribution in [3.05, 3.63) is 21.9 Å². The van der Waals surface area contributed by atoms with Gasteiger partial charge in [-0.1, -0.05) is 20.8 Å². The second-order valence-corrected chi connectivity index (χ2v) is 5.52. The molecule has 96 valence electrons. The fourth-order valence-corrected chi connectivity index (χ4v) is 1.82. The highest BCUT2D eigenvalue weighted by atomic mass is 32.1. The molecule has 0 fully saturated rings. The molecule has 7 nitrogen and oxygen atoms in total. The number of nitrogens with zero attached hydrogens (tertiary/aromatic N) is 4. The molecule has 0 radical (unpaired) electrons. The van der Waals surface area contributed by atoms with Gasteiger partial charge in [-0.25, -0.2) is 14.9 Å². The Balaban J connectivity index is 2.37. The van der Waals surface area contributed by atoms with E-state index >= 15 is 0 Å². The molecule has 0 bridgehead atoms. The predicted octanol–water partition coefficient (Wildman–Crippen LogP) is 2.84. The minimum Gasteiger partial charge on any atom is -0.336 e. The van der Waals surface area contributed by atoms with Crippen molar-refractivity contribution in [1.82, 2.24) is 14.5 Å². The average molecular weight is 267 g/mol. The molecule has 2 aromatic rings. The van der Waals surface area contributed by atoms with E-state index in [4.69, 9.17) is 4.52 Å². The van der Waals surface area contributed by atoms with Crippen molar-refractivity contribution in [2.24, 2.45) is 10.2 Å². The Bertz CT molecular complexity index is 631. The predicted molar refractivity (Wildman–Crippen MR) is 66.9 cm³/mol. The van der Waals surface area contributed by atoms with Gasteiger partial charge in [-0.2, -0.15) is 4.37 Å². The Morgan fingerprint density at radius 3 is 2.61 bits per heavy atom. The minimum atomic E-state index is -0.537. The summed E-state index contributed by atoms with van der Waals surface area (Å²) in [5.41, 5.74) is -0.0323. The van der Waals surface area contributed by atoms with Crippen LogP contribution < -0.4 is 5.63 Å². The molecule has 0 aliphatic rings. The zero-order valence-electron chi connectivity index (χ0n) is 10.5. The number of azo groups is 1. The van der Waals surface area contributed by atoms with Crippen molar-refractivity contribution in [2.45, 2.75) is 33.1 Å². The van der Waals surface area contributed by atoms with E-state index in [0.29, 0.717) is 16.6 Å². The van der Waals surface area contributed by atoms with E-state index < -0.39 is 5.63 Å². The largest absolute Gasteiger partial charge is 0.384 e. The molecule has 2 rings (SSSR count). The maximum absolute atomic E-state index is 11.5. The van der Waals surface area contributed by atoms with Crippen LogP contribution in [-0.2, 0) is 5.41 Å². The fourth-order valence-electron chi connectivity index (χ4n) is 1.31. The zero-order chi connectivity index (χ0) is 13.3. The van der Waals surface area contributed by atoms with Crippen LogP contribution >= 0.6 is 11.5 Å². The first-order valence-electron chi connectivity index (χ1n) is 5.32. The molecule has 0 atom stereocenters. The lowest BCUT2D eigenvalue weighted by molar-refractivity contribution is 0.370. The van der Waals surface area contributed by atoms with Crippen molar-refractivity contribution < 1.29 is 4.52 Å². The normalized spacial score (nSPS) is 12.4. The summed E-state index contributed by atoms with van der Waals surface area (Å²) in [7, 11) is 0. The third-order valence-corrected chi connectivity index (χ3v) is 2.87. The summed E-state index contributed by atoms with van der Waals surface area (Å²) in [4.78, 5) is 15.6. The molecule has 0 aromatic carbocycles. The molecule has 0 unspecified atom stereocenters. The second kappa shape index (κ2) is 4.45. The number of nitrogens with one attached hydrogen (secondary N) is 1. The number of aromatic nitrogens is 3. The highest BCUT2D eigenvalue weighted by Gasteiger charge is 2.24. The van der Waals surface area contributed by atoms with Crippen molar-refractivity contribution in [3.8, 4) is 0 Å². The van der Waals surface area contributed by atoms with Gasteiger partial charge in [-0.3, -0.25) is 0 Å². The summed E-state index contributed by atoms with van der Waals surface area (Å²) in [5, 5.41) is 10.8. The van der Waals surface area contributed by atoms with Crippen LogP contribution in [0, 0.1) is 6.92 Å². The van der Waals surface area contributed by atoms with Crippen molar-refractivity contribution >= 4 is 22.4 Å². The highest BCUT2D eigenvalue weighted by molar-refractivity contribution is 7.09. The van der Waals surface area contributed by atoms with Crippen LogP contribution in [0.5, 0.6) is 0 Å². The third-order valence-electron chi connectivity index (χ3n) is 2.18. The Kier molecular flexibility index (Phi) is 3.12. The number of hydrogen-bond acceptors (Lipinski definition) is 7. The Morgan fingerprint density at radius 1 is 1.33 bits per heavy atom. The molecule has 2 aromatic heterocycles. The van der Waals surface area contributed by atoms with Crippen LogP contribution in [0.15, 0.2) is 19.5 Å². The van der Waals surface area contributed by atoms with Gasteiger partial charge < -0.3 is 4.52 Å². The molecule has 1 N–H and O–H groups in total. The lowest BCUT2D eigenvalue weighted by Crippen LogP contribution is -2.12. The van der Waals surface area contributed by atoms with Crippen LogP contribution in [0.3, 0.4) is 0 Å². The molecular formula is C10H13N5O2S. The van der Waals surface area contributed by atoms with Gasteiger partial charge >= 0.3 is 5.63 Å². The minimum absolute atomic E-state index is 0.176. The van der Waals surface area contributed by atoms with Gasteiger partial charge in [0.1, 0.15) is 5.82 Å². The summed E-state index contributed by atoms with van der Waals surface area (Å²) in [6.45, 7) is 7.60. The van der Waals surface area contributed by atoms with Gasteiger partial charge in [0.2, 0.25) is 5.13 Å². The molecule has 0 spiro atoms. The van der Waals surface area contributed by atoms with E-state index in [1.165, 1.54) is 0 Å². The van der Waals surface area contributed by atoms with Gasteiger partial charge in [0.25, 0.3) is 0 Å². The molecular weight excluding hydrogens is 254 g/mol. The molecule has 0 amide bonds. The van der Waals surface area contributed by atoms with E-state index in [9.17, 15) is 4.79 Å². The number of rotatable bonds is 2. The van der Waals surface area contributed by atoms with Crippen LogP contribution in [0.2, 0.25) is 0 Å². The summed E-state index contributed by atoms with van der Waals surface area (Å²) in [6.07, 6.45) is 0. The topological polar surface area (TPSA) is 96.5 Å². The van der Waals surface area contributed by atoms with Gasteiger partial charge in [-0.15, -0.1) is 10.2 Å². The summed E-state index contributed by atoms with van der Waals surface area (Å²) in [5.74, 6) is 0.631. The first-order valence-corrected chi connectivity index (χ1v) is 6.09. The average Bonchev–Trinajstić information content (AvgIpc) is 2.81. The molecule has 2 heterocycles. The number of H-pyrrole nitrogens is 1. The van der Waals surface area contributed by atoms with Crippen molar-refractivity contribution in [2.75, 3.05) is 0 Å². The Hall–Kier alpha value is -1.83. The summed E-state index contributed by atoms with van der Waals surface area (Å²) in [6, 6.07) is 0. The maximum Gasteiger partial charge on any atom is 0.384 e. The van der Waals surface area contributed by atoms with E-state index in [0.717, 1.165) is 11.5 Å². The van der Waals surface area contributed by atoms with E-state index in [2.05, 4.69) is 24.7 Å². The van der Waals surface area contributed by atoms with Gasteiger partial charge in [-0.05, 0) is 6.92 Å². The van der Waals surface area contributed by atoms with Crippen LogP contribution in [0.4, 0.5) is 10.8 Å². The zero-order valence-corrected chi connectivity index (χ0v) is 11.3. The van der Waals surface area contributed by atoms with Gasteiger partial charge in [0.15, 0.2) is 5.69 Å². The molecule has 18 heavy (non-hydrogen) atoms. The second-order valence-electron chi connectivity index (χ2n) is 4.79. The monoisotopic (exact) mass is 267 g/mol. The smallest absolute Gasteiger partial charge is 0.336 e. The fraction of sp³-hybridized carbons (Fsp3) is 0.500. The lowest BCUT2D eigenvalue weighted by Gasteiger charge is -2.14. The number of hydrogen-bond donors (Lipinski definition) is 1. The van der Waals surface area contributed by atoms with Crippen LogP contribution in [0.25, 0.3) is 0 Å². The number of aryl methyl sites for hydroxylation is 1.